The molecule has 0 radical (unpaired) electrons. The van der Waals surface area contributed by atoms with Gasteiger partial charge in [-0.05, 0) is 5.56 Å². The zero-order valence-electron chi connectivity index (χ0n) is 10.4. The molecule has 0 atom stereocenters. The van der Waals surface area contributed by atoms with Gasteiger partial charge in [0.1, 0.15) is 11.8 Å². The Morgan fingerprint density at radius 3 is 2.84 bits per heavy atom. The number of hydrogen-bond acceptors (Lipinski definition) is 4. The molecule has 6 nitrogen and oxygen atoms in total. The van der Waals surface area contributed by atoms with Crippen LogP contribution in [0.15, 0.2) is 41.5 Å². The van der Waals surface area contributed by atoms with Crippen LogP contribution in [0.1, 0.15) is 5.56 Å². The molecule has 0 amide bonds. The number of imidazole rings is 1. The topological polar surface area (TPSA) is 75.6 Å². The number of nitrogens with zero attached hydrogens (tertiary/aromatic N) is 3. The van der Waals surface area contributed by atoms with Crippen molar-refractivity contribution in [3.05, 3.63) is 52.7 Å². The van der Waals surface area contributed by atoms with E-state index in [-0.39, 0.29) is 5.69 Å². The molecule has 3 rings (SSSR count). The van der Waals surface area contributed by atoms with Gasteiger partial charge in [0, 0.05) is 13.6 Å². The van der Waals surface area contributed by atoms with E-state index in [1.54, 1.807) is 7.05 Å². The van der Waals surface area contributed by atoms with E-state index < -0.39 is 0 Å². The predicted molar refractivity (Wildman–Crippen MR) is 72.9 cm³/mol. The normalized spacial score (nSPS) is 10.8. The van der Waals surface area contributed by atoms with Crippen molar-refractivity contribution >= 4 is 17.0 Å². The molecule has 0 aliphatic carbocycles. The number of aryl methyl sites for hydroxylation is 1. The Labute approximate surface area is 109 Å². The number of nitrogens with one attached hydrogen (secondary N) is 2. The third kappa shape index (κ3) is 2.08. The Morgan fingerprint density at radius 1 is 1.26 bits per heavy atom. The second-order valence-electron chi connectivity index (χ2n) is 4.25. The molecular weight excluding hydrogens is 242 g/mol. The first kappa shape index (κ1) is 11.5. The van der Waals surface area contributed by atoms with Gasteiger partial charge >= 0.3 is 5.69 Å². The summed E-state index contributed by atoms with van der Waals surface area (Å²) in [6, 6.07) is 9.99. The van der Waals surface area contributed by atoms with Crippen LogP contribution in [0, 0.1) is 0 Å². The lowest BCUT2D eigenvalue weighted by molar-refractivity contribution is 0.877. The number of rotatable bonds is 3. The van der Waals surface area contributed by atoms with Crippen molar-refractivity contribution in [3.63, 3.8) is 0 Å². The lowest BCUT2D eigenvalue weighted by Gasteiger charge is -2.05. The van der Waals surface area contributed by atoms with E-state index in [9.17, 15) is 4.79 Å². The second kappa shape index (κ2) is 4.56. The van der Waals surface area contributed by atoms with Gasteiger partial charge < -0.3 is 10.3 Å². The third-order valence-electron chi connectivity index (χ3n) is 2.98. The summed E-state index contributed by atoms with van der Waals surface area (Å²) in [7, 11) is 1.68. The molecule has 1 aromatic carbocycles. The number of hydrogen-bond donors (Lipinski definition) is 2. The molecule has 0 saturated carbocycles. The summed E-state index contributed by atoms with van der Waals surface area (Å²) in [6.07, 6.45) is 1.45. The van der Waals surface area contributed by atoms with E-state index in [4.69, 9.17) is 0 Å². The molecule has 2 heterocycles. The molecule has 0 saturated heterocycles. The minimum atomic E-state index is -0.196. The summed E-state index contributed by atoms with van der Waals surface area (Å²) in [4.78, 5) is 22.6. The van der Waals surface area contributed by atoms with Gasteiger partial charge in [-0.3, -0.25) is 4.57 Å². The molecule has 2 N–H and O–H groups in total. The molecule has 6 heteroatoms. The second-order valence-corrected chi connectivity index (χ2v) is 4.25. The smallest absolute Gasteiger partial charge is 0.327 e. The van der Waals surface area contributed by atoms with Crippen molar-refractivity contribution in [1.82, 2.24) is 19.5 Å². The van der Waals surface area contributed by atoms with Gasteiger partial charge in [0.25, 0.3) is 0 Å². The average Bonchev–Trinajstić information content (AvgIpc) is 2.74. The summed E-state index contributed by atoms with van der Waals surface area (Å²) >= 11 is 0. The van der Waals surface area contributed by atoms with Crippen LogP contribution in [-0.4, -0.2) is 19.5 Å². The highest BCUT2D eigenvalue weighted by atomic mass is 16.1. The standard InChI is InChI=1S/C13H13N5O/c1-18-12-10(17-13(18)19)11(15-8-16-12)14-7-9-5-3-2-4-6-9/h2-6,8H,7H2,1H3,(H,17,19)(H,14,15,16). The van der Waals surface area contributed by atoms with Crippen LogP contribution in [0.5, 0.6) is 0 Å². The molecule has 0 aliphatic rings. The fourth-order valence-electron chi connectivity index (χ4n) is 1.95. The molecule has 19 heavy (non-hydrogen) atoms. The van der Waals surface area contributed by atoms with Gasteiger partial charge in [0.05, 0.1) is 0 Å². The summed E-state index contributed by atoms with van der Waals surface area (Å²) in [5.41, 5.74) is 2.17. The zero-order chi connectivity index (χ0) is 13.2. The number of benzene rings is 1. The first-order valence-corrected chi connectivity index (χ1v) is 5.93. The van der Waals surface area contributed by atoms with E-state index in [2.05, 4.69) is 20.3 Å². The Morgan fingerprint density at radius 2 is 2.05 bits per heavy atom. The van der Waals surface area contributed by atoms with Gasteiger partial charge in [0.15, 0.2) is 11.5 Å². The fourth-order valence-corrected chi connectivity index (χ4v) is 1.95. The number of fused-ring (bicyclic) bond motifs is 1. The van der Waals surface area contributed by atoms with Crippen LogP contribution in [0.3, 0.4) is 0 Å². The summed E-state index contributed by atoms with van der Waals surface area (Å²) in [5, 5.41) is 3.21. The Balaban J connectivity index is 1.93. The van der Waals surface area contributed by atoms with Crippen LogP contribution in [-0.2, 0) is 13.6 Å². The summed E-state index contributed by atoms with van der Waals surface area (Å²) < 4.78 is 1.46. The molecule has 0 unspecified atom stereocenters. The predicted octanol–water partition coefficient (Wildman–Crippen LogP) is 1.27. The third-order valence-corrected chi connectivity index (χ3v) is 2.98. The van der Waals surface area contributed by atoms with Crippen LogP contribution in [0.25, 0.3) is 11.2 Å². The molecule has 0 bridgehead atoms. The van der Waals surface area contributed by atoms with Gasteiger partial charge in [-0.15, -0.1) is 0 Å². The highest BCUT2D eigenvalue weighted by Crippen LogP contribution is 2.15. The molecule has 0 spiro atoms. The lowest BCUT2D eigenvalue weighted by Crippen LogP contribution is -2.12. The minimum absolute atomic E-state index is 0.196. The zero-order valence-corrected chi connectivity index (χ0v) is 10.4. The monoisotopic (exact) mass is 255 g/mol. The number of H-pyrrole nitrogens is 1. The number of aromatic amines is 1. The molecule has 2 aromatic heterocycles. The van der Waals surface area contributed by atoms with Crippen molar-refractivity contribution in [1.29, 1.82) is 0 Å². The fraction of sp³-hybridized carbons (Fsp3) is 0.154. The van der Waals surface area contributed by atoms with Gasteiger partial charge in [-0.1, -0.05) is 30.3 Å². The molecule has 0 aliphatic heterocycles. The van der Waals surface area contributed by atoms with E-state index in [1.165, 1.54) is 10.9 Å². The Hall–Kier alpha value is -2.63. The average molecular weight is 255 g/mol. The maximum absolute atomic E-state index is 11.6. The maximum Gasteiger partial charge on any atom is 0.327 e. The lowest BCUT2D eigenvalue weighted by atomic mass is 10.2. The van der Waals surface area contributed by atoms with Crippen molar-refractivity contribution < 1.29 is 0 Å². The number of anilines is 1. The highest BCUT2D eigenvalue weighted by Gasteiger charge is 2.09. The first-order chi connectivity index (χ1) is 9.25. The van der Waals surface area contributed by atoms with Crippen LogP contribution in [0.2, 0.25) is 0 Å². The number of aromatic nitrogens is 4. The maximum atomic E-state index is 11.6. The van der Waals surface area contributed by atoms with Crippen molar-refractivity contribution in [3.8, 4) is 0 Å². The molecule has 3 aromatic rings. The van der Waals surface area contributed by atoms with Gasteiger partial charge in [-0.25, -0.2) is 14.8 Å². The van der Waals surface area contributed by atoms with E-state index in [1.807, 2.05) is 30.3 Å². The van der Waals surface area contributed by atoms with Crippen LogP contribution in [0.4, 0.5) is 5.82 Å². The molecular formula is C13H13N5O. The van der Waals surface area contributed by atoms with Gasteiger partial charge in [0.2, 0.25) is 0 Å². The van der Waals surface area contributed by atoms with Crippen LogP contribution >= 0.6 is 0 Å². The van der Waals surface area contributed by atoms with E-state index >= 15 is 0 Å². The van der Waals surface area contributed by atoms with Crippen molar-refractivity contribution in [2.24, 2.45) is 7.05 Å². The van der Waals surface area contributed by atoms with Crippen molar-refractivity contribution in [2.45, 2.75) is 6.54 Å². The Kier molecular flexibility index (Phi) is 2.75. The highest BCUT2D eigenvalue weighted by molar-refractivity contribution is 5.82. The summed E-state index contributed by atoms with van der Waals surface area (Å²) in [5.74, 6) is 0.631. The molecule has 96 valence electrons. The van der Waals surface area contributed by atoms with Crippen LogP contribution < -0.4 is 11.0 Å². The summed E-state index contributed by atoms with van der Waals surface area (Å²) in [6.45, 7) is 0.643. The van der Waals surface area contributed by atoms with Gasteiger partial charge in [-0.2, -0.15) is 0 Å². The van der Waals surface area contributed by atoms with E-state index in [0.29, 0.717) is 23.5 Å². The first-order valence-electron chi connectivity index (χ1n) is 5.93. The minimum Gasteiger partial charge on any atom is -0.364 e. The largest absolute Gasteiger partial charge is 0.364 e. The quantitative estimate of drug-likeness (QED) is 0.739. The van der Waals surface area contributed by atoms with Crippen molar-refractivity contribution in [2.75, 3.05) is 5.32 Å². The SMILES string of the molecule is Cn1c(=O)[nH]c2c(NCc3ccccc3)ncnc21. The Bertz CT molecular complexity index is 760. The molecule has 0 fully saturated rings. The van der Waals surface area contributed by atoms with E-state index in [0.717, 1.165) is 5.56 Å².